The predicted octanol–water partition coefficient (Wildman–Crippen LogP) is 4.18. The Kier molecular flexibility index (Phi) is 5.74. The molecule has 6 heteroatoms. The van der Waals surface area contributed by atoms with Gasteiger partial charge in [-0.3, -0.25) is 4.79 Å². The molecule has 4 rings (SSSR count). The molecule has 1 atom stereocenters. The van der Waals surface area contributed by atoms with Gasteiger partial charge in [0, 0.05) is 23.4 Å². The van der Waals surface area contributed by atoms with E-state index in [-0.39, 0.29) is 19.0 Å². The summed E-state index contributed by atoms with van der Waals surface area (Å²) in [5, 5.41) is 3.27. The van der Waals surface area contributed by atoms with Crippen molar-refractivity contribution in [2.75, 3.05) is 13.2 Å². The first kappa shape index (κ1) is 20.0. The van der Waals surface area contributed by atoms with Crippen LogP contribution in [-0.2, 0) is 14.3 Å². The summed E-state index contributed by atoms with van der Waals surface area (Å²) < 4.78 is 17.0. The number of furan rings is 1. The molecule has 2 heterocycles. The van der Waals surface area contributed by atoms with Crippen molar-refractivity contribution in [3.8, 4) is 5.75 Å². The lowest BCUT2D eigenvalue weighted by Gasteiger charge is -2.32. The van der Waals surface area contributed by atoms with Gasteiger partial charge in [-0.1, -0.05) is 18.2 Å². The molecule has 0 saturated heterocycles. The third kappa shape index (κ3) is 4.03. The summed E-state index contributed by atoms with van der Waals surface area (Å²) in [6, 6.07) is 13.0. The number of para-hydroxylation sites is 1. The van der Waals surface area contributed by atoms with Gasteiger partial charge in [0.05, 0.1) is 11.5 Å². The molecule has 1 aromatic heterocycles. The topological polar surface area (TPSA) is 77.8 Å². The van der Waals surface area contributed by atoms with Crippen molar-refractivity contribution in [3.05, 3.63) is 76.5 Å². The Bertz CT molecular complexity index is 1020. The first-order valence-electron chi connectivity index (χ1n) is 10.2. The van der Waals surface area contributed by atoms with Crippen molar-refractivity contribution in [2.24, 2.45) is 0 Å². The molecule has 156 valence electrons. The van der Waals surface area contributed by atoms with Crippen molar-refractivity contribution < 1.29 is 23.5 Å². The normalized spacial score (nSPS) is 18.7. The quantitative estimate of drug-likeness (QED) is 0.572. The minimum Gasteiger partial charge on any atom is -0.490 e. The number of dihydropyridines is 1. The number of allylic oxidation sites excluding steroid dienone is 3. The van der Waals surface area contributed by atoms with E-state index in [0.29, 0.717) is 29.0 Å². The van der Waals surface area contributed by atoms with Crippen molar-refractivity contribution in [3.63, 3.8) is 0 Å². The van der Waals surface area contributed by atoms with Gasteiger partial charge in [0.15, 0.2) is 5.78 Å². The average Bonchev–Trinajstić information content (AvgIpc) is 3.17. The van der Waals surface area contributed by atoms with Crippen LogP contribution in [0.1, 0.15) is 43.6 Å². The number of Topliss-reactive ketones (excluding diaryl/α,β-unsaturated/α-hetero) is 1. The van der Waals surface area contributed by atoms with E-state index < -0.39 is 11.9 Å². The molecule has 1 aromatic carbocycles. The summed E-state index contributed by atoms with van der Waals surface area (Å²) in [6.07, 6.45) is 2.06. The van der Waals surface area contributed by atoms with Crippen LogP contribution in [0.3, 0.4) is 0 Å². The molecular weight excluding hydrogens is 382 g/mol. The molecule has 0 radical (unpaired) electrons. The second-order valence-electron chi connectivity index (χ2n) is 7.51. The van der Waals surface area contributed by atoms with Crippen LogP contribution in [0.5, 0.6) is 5.75 Å². The largest absolute Gasteiger partial charge is 0.490 e. The summed E-state index contributed by atoms with van der Waals surface area (Å²) in [5.74, 6) is 1.06. The predicted molar refractivity (Wildman–Crippen MR) is 111 cm³/mol. The van der Waals surface area contributed by atoms with Gasteiger partial charge in [0.1, 0.15) is 30.5 Å². The monoisotopic (exact) mass is 407 g/mol. The molecule has 0 bridgehead atoms. The number of carbonyl (C=O) groups is 2. The highest BCUT2D eigenvalue weighted by molar-refractivity contribution is 6.03. The number of nitrogens with one attached hydrogen (secondary N) is 1. The number of ketones is 1. The molecule has 30 heavy (non-hydrogen) atoms. The highest BCUT2D eigenvalue weighted by atomic mass is 16.6. The molecule has 0 fully saturated rings. The van der Waals surface area contributed by atoms with E-state index in [0.717, 1.165) is 30.0 Å². The lowest BCUT2D eigenvalue weighted by molar-refractivity contribution is -0.140. The van der Waals surface area contributed by atoms with E-state index in [4.69, 9.17) is 13.9 Å². The summed E-state index contributed by atoms with van der Waals surface area (Å²) in [5.41, 5.74) is 2.61. The fourth-order valence-electron chi connectivity index (χ4n) is 4.04. The highest BCUT2D eigenvalue weighted by Gasteiger charge is 2.40. The Labute approximate surface area is 175 Å². The van der Waals surface area contributed by atoms with E-state index in [9.17, 15) is 9.59 Å². The lowest BCUT2D eigenvalue weighted by Crippen LogP contribution is -2.34. The van der Waals surface area contributed by atoms with Crippen LogP contribution in [-0.4, -0.2) is 25.0 Å². The summed E-state index contributed by atoms with van der Waals surface area (Å²) >= 11 is 0. The zero-order valence-electron chi connectivity index (χ0n) is 17.2. The Morgan fingerprint density at radius 2 is 1.90 bits per heavy atom. The maximum absolute atomic E-state index is 13.0. The van der Waals surface area contributed by atoms with E-state index >= 15 is 0 Å². The van der Waals surface area contributed by atoms with E-state index in [1.54, 1.807) is 0 Å². The summed E-state index contributed by atoms with van der Waals surface area (Å²) in [7, 11) is 0. The van der Waals surface area contributed by atoms with Gasteiger partial charge >= 0.3 is 5.97 Å². The van der Waals surface area contributed by atoms with E-state index in [2.05, 4.69) is 5.32 Å². The third-order valence-electron chi connectivity index (χ3n) is 5.37. The van der Waals surface area contributed by atoms with Gasteiger partial charge in [-0.2, -0.15) is 0 Å². The smallest absolute Gasteiger partial charge is 0.336 e. The first-order chi connectivity index (χ1) is 14.5. The number of aryl methyl sites for hydroxylation is 1. The van der Waals surface area contributed by atoms with Gasteiger partial charge in [0.2, 0.25) is 0 Å². The number of hydrogen-bond donors (Lipinski definition) is 1. The van der Waals surface area contributed by atoms with Crippen molar-refractivity contribution in [2.45, 2.75) is 39.0 Å². The number of ether oxygens (including phenoxy) is 2. The van der Waals surface area contributed by atoms with Crippen LogP contribution >= 0.6 is 0 Å². The average molecular weight is 407 g/mol. The molecule has 0 unspecified atom stereocenters. The Morgan fingerprint density at radius 3 is 2.63 bits per heavy atom. The van der Waals surface area contributed by atoms with Crippen molar-refractivity contribution in [1.82, 2.24) is 5.32 Å². The van der Waals surface area contributed by atoms with Gasteiger partial charge in [-0.15, -0.1) is 0 Å². The van der Waals surface area contributed by atoms with E-state index in [1.165, 1.54) is 0 Å². The highest BCUT2D eigenvalue weighted by Crippen LogP contribution is 2.42. The molecule has 1 N–H and O–H groups in total. The Morgan fingerprint density at radius 1 is 1.10 bits per heavy atom. The van der Waals surface area contributed by atoms with Crippen molar-refractivity contribution in [1.29, 1.82) is 0 Å². The molecule has 0 amide bonds. The first-order valence-corrected chi connectivity index (χ1v) is 10.2. The van der Waals surface area contributed by atoms with Crippen molar-refractivity contribution >= 4 is 11.8 Å². The minimum atomic E-state index is -0.551. The summed E-state index contributed by atoms with van der Waals surface area (Å²) in [4.78, 5) is 25.8. The van der Waals surface area contributed by atoms with Crippen LogP contribution in [0.25, 0.3) is 0 Å². The maximum atomic E-state index is 13.0. The zero-order chi connectivity index (χ0) is 21.1. The number of esters is 1. The fraction of sp³-hybridized carbons (Fsp3) is 0.333. The molecule has 0 saturated carbocycles. The molecule has 1 aliphatic heterocycles. The Hall–Kier alpha value is -3.28. The molecule has 6 nitrogen and oxygen atoms in total. The van der Waals surface area contributed by atoms with Crippen LogP contribution in [0, 0.1) is 6.92 Å². The van der Waals surface area contributed by atoms with Gasteiger partial charge in [-0.25, -0.2) is 4.79 Å². The fourth-order valence-corrected chi connectivity index (χ4v) is 4.04. The number of hydrogen-bond acceptors (Lipinski definition) is 6. The van der Waals surface area contributed by atoms with Gasteiger partial charge in [-0.05, 0) is 51.0 Å². The third-order valence-corrected chi connectivity index (χ3v) is 5.37. The standard InChI is InChI=1S/C24H25NO5/c1-15-11-12-20(30-15)23-21(16(2)25-18-9-6-10-19(26)22(18)23)24(27)29-14-13-28-17-7-4-3-5-8-17/h3-5,7-8,11-12,23,25H,6,9-10,13-14H2,1-2H3/t23-/m1/s1. The number of carbonyl (C=O) groups excluding carboxylic acids is 2. The van der Waals surface area contributed by atoms with Crippen LogP contribution < -0.4 is 10.1 Å². The minimum absolute atomic E-state index is 0.0491. The van der Waals surface area contributed by atoms with Gasteiger partial charge < -0.3 is 19.2 Å². The SMILES string of the molecule is CC1=C(C(=O)OCCOc2ccccc2)[C@@H](c2ccc(C)o2)C2=C(CCCC2=O)N1. The zero-order valence-corrected chi connectivity index (χ0v) is 17.2. The molecule has 0 spiro atoms. The molecular formula is C24H25NO5. The molecule has 2 aromatic rings. The maximum Gasteiger partial charge on any atom is 0.336 e. The summed E-state index contributed by atoms with van der Waals surface area (Å²) in [6.45, 7) is 4.03. The van der Waals surface area contributed by atoms with Gasteiger partial charge in [0.25, 0.3) is 0 Å². The molecule has 1 aliphatic carbocycles. The second-order valence-corrected chi connectivity index (χ2v) is 7.51. The van der Waals surface area contributed by atoms with Crippen LogP contribution in [0.4, 0.5) is 0 Å². The van der Waals surface area contributed by atoms with E-state index in [1.807, 2.05) is 56.3 Å². The Balaban J connectivity index is 1.54. The second kappa shape index (κ2) is 8.61. The lowest BCUT2D eigenvalue weighted by atomic mass is 9.77. The van der Waals surface area contributed by atoms with Crippen LogP contribution in [0.2, 0.25) is 0 Å². The van der Waals surface area contributed by atoms with Crippen LogP contribution in [0.15, 0.2) is 69.4 Å². The number of benzene rings is 1. The molecule has 2 aliphatic rings. The number of rotatable bonds is 6.